The zero-order valence-corrected chi connectivity index (χ0v) is 12.1. The molecular formula is C16H16F2N2O2. The summed E-state index contributed by atoms with van der Waals surface area (Å²) in [5, 5.41) is 2.47. The smallest absolute Gasteiger partial charge is 0.321 e. The number of benzene rings is 2. The molecule has 2 amide bonds. The molecule has 0 fully saturated rings. The first-order valence-electron chi connectivity index (χ1n) is 6.71. The molecule has 0 atom stereocenters. The van der Waals surface area contributed by atoms with Gasteiger partial charge in [-0.1, -0.05) is 12.1 Å². The Kier molecular flexibility index (Phi) is 5.30. The number of rotatable bonds is 5. The van der Waals surface area contributed by atoms with E-state index in [0.29, 0.717) is 12.3 Å². The minimum absolute atomic E-state index is 0.124. The molecule has 2 rings (SSSR count). The fraction of sp³-hybridized carbons (Fsp3) is 0.188. The van der Waals surface area contributed by atoms with Crippen LogP contribution in [0.15, 0.2) is 48.5 Å². The lowest BCUT2D eigenvalue weighted by atomic mass is 10.3. The molecule has 0 saturated carbocycles. The summed E-state index contributed by atoms with van der Waals surface area (Å²) >= 11 is 0. The molecular weight excluding hydrogens is 290 g/mol. The number of anilines is 1. The third-order valence-corrected chi connectivity index (χ3v) is 2.97. The van der Waals surface area contributed by atoms with Gasteiger partial charge in [-0.25, -0.2) is 13.6 Å². The Labute approximate surface area is 127 Å². The van der Waals surface area contributed by atoms with Crippen LogP contribution in [-0.4, -0.2) is 31.1 Å². The number of nitrogens with one attached hydrogen (secondary N) is 1. The van der Waals surface area contributed by atoms with E-state index in [9.17, 15) is 13.6 Å². The van der Waals surface area contributed by atoms with Gasteiger partial charge in [0.2, 0.25) is 0 Å². The van der Waals surface area contributed by atoms with Crippen LogP contribution in [0, 0.1) is 11.6 Å². The summed E-state index contributed by atoms with van der Waals surface area (Å²) in [6, 6.07) is 11.1. The minimum Gasteiger partial charge on any atom is -0.492 e. The van der Waals surface area contributed by atoms with Crippen molar-refractivity contribution in [1.82, 2.24) is 4.90 Å². The van der Waals surface area contributed by atoms with Crippen LogP contribution in [0.3, 0.4) is 0 Å². The van der Waals surface area contributed by atoms with Gasteiger partial charge in [0.05, 0.1) is 12.2 Å². The van der Waals surface area contributed by atoms with Gasteiger partial charge in [-0.2, -0.15) is 0 Å². The number of likely N-dealkylation sites (N-methyl/N-ethyl adjacent to an activating group) is 1. The van der Waals surface area contributed by atoms with Gasteiger partial charge in [-0.15, -0.1) is 0 Å². The van der Waals surface area contributed by atoms with Crippen molar-refractivity contribution in [3.05, 3.63) is 60.2 Å². The van der Waals surface area contributed by atoms with E-state index in [1.54, 1.807) is 19.2 Å². The Morgan fingerprint density at radius 3 is 2.50 bits per heavy atom. The molecule has 0 spiro atoms. The van der Waals surface area contributed by atoms with Gasteiger partial charge in [0.15, 0.2) is 0 Å². The lowest BCUT2D eigenvalue weighted by Crippen LogP contribution is -2.34. The molecule has 0 bridgehead atoms. The van der Waals surface area contributed by atoms with Crippen LogP contribution in [0.25, 0.3) is 0 Å². The summed E-state index contributed by atoms with van der Waals surface area (Å²) in [5.41, 5.74) is 0.124. The molecule has 2 aromatic carbocycles. The lowest BCUT2D eigenvalue weighted by Gasteiger charge is -2.18. The van der Waals surface area contributed by atoms with Crippen molar-refractivity contribution in [3.8, 4) is 5.75 Å². The van der Waals surface area contributed by atoms with E-state index in [-0.39, 0.29) is 18.1 Å². The number of nitrogens with zero attached hydrogens (tertiary/aromatic N) is 1. The van der Waals surface area contributed by atoms with Crippen LogP contribution in [0.2, 0.25) is 0 Å². The van der Waals surface area contributed by atoms with Crippen LogP contribution in [0.4, 0.5) is 19.3 Å². The largest absolute Gasteiger partial charge is 0.492 e. The SMILES string of the molecule is CN(CCOc1ccc(F)cc1)C(=O)Nc1ccccc1F. The van der Waals surface area contributed by atoms with Crippen LogP contribution >= 0.6 is 0 Å². The summed E-state index contributed by atoms with van der Waals surface area (Å²) in [5.74, 6) is -0.315. The Balaban J connectivity index is 1.79. The first-order chi connectivity index (χ1) is 10.6. The van der Waals surface area contributed by atoms with E-state index in [0.717, 1.165) is 0 Å². The molecule has 0 aliphatic rings. The third-order valence-electron chi connectivity index (χ3n) is 2.97. The number of para-hydroxylation sites is 1. The second-order valence-electron chi connectivity index (χ2n) is 4.63. The molecule has 0 aliphatic heterocycles. The van der Waals surface area contributed by atoms with E-state index in [1.807, 2.05) is 0 Å². The predicted octanol–water partition coefficient (Wildman–Crippen LogP) is 3.51. The average Bonchev–Trinajstić information content (AvgIpc) is 2.51. The highest BCUT2D eigenvalue weighted by atomic mass is 19.1. The first-order valence-corrected chi connectivity index (χ1v) is 6.71. The van der Waals surface area contributed by atoms with Gasteiger partial charge in [0.25, 0.3) is 0 Å². The molecule has 0 unspecified atom stereocenters. The average molecular weight is 306 g/mol. The van der Waals surface area contributed by atoms with Crippen LogP contribution < -0.4 is 10.1 Å². The zero-order chi connectivity index (χ0) is 15.9. The van der Waals surface area contributed by atoms with Crippen molar-refractivity contribution in [2.24, 2.45) is 0 Å². The second-order valence-corrected chi connectivity index (χ2v) is 4.63. The Morgan fingerprint density at radius 2 is 1.82 bits per heavy atom. The fourth-order valence-corrected chi connectivity index (χ4v) is 1.71. The van der Waals surface area contributed by atoms with Gasteiger partial charge in [0.1, 0.15) is 24.0 Å². The predicted molar refractivity (Wildman–Crippen MR) is 79.9 cm³/mol. The maximum atomic E-state index is 13.4. The minimum atomic E-state index is -0.494. The number of carbonyl (C=O) groups excluding carboxylic acids is 1. The number of halogens is 2. The first kappa shape index (κ1) is 15.8. The van der Waals surface area contributed by atoms with E-state index in [1.165, 1.54) is 41.3 Å². The fourth-order valence-electron chi connectivity index (χ4n) is 1.71. The number of ether oxygens (including phenoxy) is 1. The van der Waals surface area contributed by atoms with E-state index >= 15 is 0 Å². The molecule has 0 saturated heterocycles. The monoisotopic (exact) mass is 306 g/mol. The summed E-state index contributed by atoms with van der Waals surface area (Å²) in [7, 11) is 1.57. The Morgan fingerprint density at radius 1 is 1.14 bits per heavy atom. The van der Waals surface area contributed by atoms with Crippen molar-refractivity contribution in [2.75, 3.05) is 25.5 Å². The van der Waals surface area contributed by atoms with Gasteiger partial charge in [0, 0.05) is 7.05 Å². The van der Waals surface area contributed by atoms with Crippen molar-refractivity contribution in [3.63, 3.8) is 0 Å². The maximum absolute atomic E-state index is 13.4. The topological polar surface area (TPSA) is 41.6 Å². The maximum Gasteiger partial charge on any atom is 0.321 e. The summed E-state index contributed by atoms with van der Waals surface area (Å²) in [4.78, 5) is 13.3. The Bertz CT molecular complexity index is 632. The summed E-state index contributed by atoms with van der Waals surface area (Å²) < 4.78 is 31.6. The molecule has 4 nitrogen and oxygen atoms in total. The van der Waals surface area contributed by atoms with Crippen molar-refractivity contribution >= 4 is 11.7 Å². The highest BCUT2D eigenvalue weighted by Crippen LogP contribution is 2.13. The molecule has 0 heterocycles. The lowest BCUT2D eigenvalue weighted by molar-refractivity contribution is 0.207. The van der Waals surface area contributed by atoms with Gasteiger partial charge in [-0.3, -0.25) is 0 Å². The van der Waals surface area contributed by atoms with E-state index in [4.69, 9.17) is 4.74 Å². The van der Waals surface area contributed by atoms with Gasteiger partial charge < -0.3 is 15.0 Å². The summed E-state index contributed by atoms with van der Waals surface area (Å²) in [6.07, 6.45) is 0. The standard InChI is InChI=1S/C16H16F2N2O2/c1-20(10-11-22-13-8-6-12(17)7-9-13)16(21)19-15-5-3-2-4-14(15)18/h2-9H,10-11H2,1H3,(H,19,21). The second kappa shape index (κ2) is 7.40. The quantitative estimate of drug-likeness (QED) is 0.918. The van der Waals surface area contributed by atoms with Gasteiger partial charge in [-0.05, 0) is 36.4 Å². The number of hydrogen-bond acceptors (Lipinski definition) is 2. The summed E-state index contributed by atoms with van der Waals surface area (Å²) in [6.45, 7) is 0.546. The zero-order valence-electron chi connectivity index (χ0n) is 12.1. The van der Waals surface area contributed by atoms with Crippen LogP contribution in [0.1, 0.15) is 0 Å². The molecule has 2 aromatic rings. The normalized spacial score (nSPS) is 10.1. The molecule has 0 aromatic heterocycles. The Hall–Kier alpha value is -2.63. The van der Waals surface area contributed by atoms with Crippen molar-refractivity contribution in [2.45, 2.75) is 0 Å². The highest BCUT2D eigenvalue weighted by Gasteiger charge is 2.11. The van der Waals surface area contributed by atoms with E-state index in [2.05, 4.69) is 5.32 Å². The number of amides is 2. The van der Waals surface area contributed by atoms with Gasteiger partial charge >= 0.3 is 6.03 Å². The molecule has 6 heteroatoms. The van der Waals surface area contributed by atoms with Crippen molar-refractivity contribution < 1.29 is 18.3 Å². The molecule has 0 radical (unpaired) electrons. The molecule has 0 aliphatic carbocycles. The number of urea groups is 1. The number of carbonyl (C=O) groups is 1. The molecule has 1 N–H and O–H groups in total. The van der Waals surface area contributed by atoms with Crippen molar-refractivity contribution in [1.29, 1.82) is 0 Å². The van der Waals surface area contributed by atoms with Crippen LogP contribution in [0.5, 0.6) is 5.75 Å². The molecule has 116 valence electrons. The highest BCUT2D eigenvalue weighted by molar-refractivity contribution is 5.89. The third kappa shape index (κ3) is 4.44. The van der Waals surface area contributed by atoms with Crippen LogP contribution in [-0.2, 0) is 0 Å². The number of hydrogen-bond donors (Lipinski definition) is 1. The molecule has 22 heavy (non-hydrogen) atoms. The van der Waals surface area contributed by atoms with E-state index < -0.39 is 11.8 Å².